The van der Waals surface area contributed by atoms with E-state index in [1.165, 1.54) is 19.3 Å². The summed E-state index contributed by atoms with van der Waals surface area (Å²) < 4.78 is 0.755. The van der Waals surface area contributed by atoms with Crippen molar-refractivity contribution in [2.24, 2.45) is 10.8 Å². The summed E-state index contributed by atoms with van der Waals surface area (Å²) in [6.07, 6.45) is 4.47. The van der Waals surface area contributed by atoms with Crippen molar-refractivity contribution < 1.29 is 0 Å². The van der Waals surface area contributed by atoms with Crippen LogP contribution in [0.4, 0.5) is 0 Å². The Hall–Kier alpha value is 0.730. The lowest BCUT2D eigenvalue weighted by atomic mass is 9.37. The van der Waals surface area contributed by atoms with Crippen LogP contribution in [-0.2, 0) is 0 Å². The topological polar surface area (TPSA) is 0 Å². The fourth-order valence-corrected chi connectivity index (χ4v) is 4.65. The average Bonchev–Trinajstić information content (AvgIpc) is 1.51. The van der Waals surface area contributed by atoms with Crippen LogP contribution in [0.15, 0.2) is 0 Å². The monoisotopic (exact) mass is 250 g/mol. The van der Waals surface area contributed by atoms with Gasteiger partial charge in [-0.15, -0.1) is 0 Å². The number of alkyl halides is 1. The van der Waals surface area contributed by atoms with Crippen molar-refractivity contribution in [3.63, 3.8) is 0 Å². The molecule has 3 aliphatic carbocycles. The molecule has 58 valence electrons. The Morgan fingerprint density at radius 1 is 1.10 bits per heavy atom. The molecule has 0 heterocycles. The van der Waals surface area contributed by atoms with Crippen molar-refractivity contribution in [1.82, 2.24) is 0 Å². The fraction of sp³-hybridized carbons (Fsp3) is 1.00. The van der Waals surface area contributed by atoms with Gasteiger partial charge in [0.1, 0.15) is 0 Å². The van der Waals surface area contributed by atoms with E-state index in [0.717, 1.165) is 8.84 Å². The summed E-state index contributed by atoms with van der Waals surface area (Å²) >= 11 is 2.64. The Morgan fingerprint density at radius 3 is 1.60 bits per heavy atom. The lowest BCUT2D eigenvalue weighted by Crippen LogP contribution is -2.68. The molecule has 0 aromatic heterocycles. The van der Waals surface area contributed by atoms with E-state index in [9.17, 15) is 0 Å². The van der Waals surface area contributed by atoms with Crippen molar-refractivity contribution in [2.75, 3.05) is 0 Å². The zero-order valence-electron chi connectivity index (χ0n) is 7.00. The van der Waals surface area contributed by atoms with Gasteiger partial charge in [0.05, 0.1) is 0 Å². The molecule has 0 aromatic rings. The molecule has 2 bridgehead atoms. The number of hydrogen-bond donors (Lipinski definition) is 0. The van der Waals surface area contributed by atoms with Crippen LogP contribution in [-0.4, -0.2) is 3.42 Å². The van der Waals surface area contributed by atoms with Crippen molar-refractivity contribution >= 4 is 22.6 Å². The molecule has 0 amide bonds. The van der Waals surface area contributed by atoms with Crippen LogP contribution in [0, 0.1) is 10.8 Å². The molecule has 0 unspecified atom stereocenters. The second-order valence-corrected chi connectivity index (χ2v) is 7.50. The van der Waals surface area contributed by atoms with E-state index in [4.69, 9.17) is 0 Å². The van der Waals surface area contributed by atoms with E-state index in [1.807, 2.05) is 0 Å². The summed E-state index contributed by atoms with van der Waals surface area (Å²) in [4.78, 5) is 0. The van der Waals surface area contributed by atoms with Crippen LogP contribution >= 0.6 is 22.6 Å². The first-order valence-electron chi connectivity index (χ1n) is 4.06. The first-order valence-corrected chi connectivity index (χ1v) is 5.14. The number of halogens is 1. The molecule has 3 fully saturated rings. The maximum atomic E-state index is 2.64. The van der Waals surface area contributed by atoms with E-state index >= 15 is 0 Å². The molecule has 0 radical (unpaired) electrons. The Bertz CT molecular complexity index is 156. The molecule has 0 nitrogen and oxygen atoms in total. The molecular formula is C9H15I. The Labute approximate surface area is 76.9 Å². The van der Waals surface area contributed by atoms with Gasteiger partial charge >= 0.3 is 0 Å². The van der Waals surface area contributed by atoms with Crippen LogP contribution in [0.25, 0.3) is 0 Å². The molecule has 0 saturated heterocycles. The largest absolute Gasteiger partial charge is 0.0788 e. The molecule has 0 aliphatic heterocycles. The zero-order valence-corrected chi connectivity index (χ0v) is 9.16. The summed E-state index contributed by atoms with van der Waals surface area (Å²) in [5.41, 5.74) is 1.33. The highest BCUT2D eigenvalue weighted by Crippen LogP contribution is 2.77. The minimum atomic E-state index is 0.569. The standard InChI is InChI=1S/C9H15I/c1-7(2,3)8-4-9(10,5-8)6-8/h4-6H2,1-3H3. The second kappa shape index (κ2) is 1.57. The summed E-state index contributed by atoms with van der Waals surface area (Å²) in [5.74, 6) is 0. The van der Waals surface area contributed by atoms with Gasteiger partial charge in [0.15, 0.2) is 0 Å². The molecule has 0 spiro atoms. The molecule has 0 N–H and O–H groups in total. The Balaban J connectivity index is 2.11. The van der Waals surface area contributed by atoms with E-state index in [1.54, 1.807) is 0 Å². The highest BCUT2D eigenvalue weighted by atomic mass is 127. The minimum absolute atomic E-state index is 0.569. The van der Waals surface area contributed by atoms with Crippen molar-refractivity contribution in [3.8, 4) is 0 Å². The van der Waals surface area contributed by atoms with E-state index < -0.39 is 0 Å². The second-order valence-electron chi connectivity index (χ2n) is 5.21. The van der Waals surface area contributed by atoms with Crippen molar-refractivity contribution in [3.05, 3.63) is 0 Å². The van der Waals surface area contributed by atoms with Gasteiger partial charge in [-0.05, 0) is 30.1 Å². The van der Waals surface area contributed by atoms with Crippen LogP contribution in [0.2, 0.25) is 0 Å². The van der Waals surface area contributed by atoms with Gasteiger partial charge in [0.25, 0.3) is 0 Å². The first kappa shape index (κ1) is 7.38. The molecule has 0 atom stereocenters. The molecular weight excluding hydrogens is 235 g/mol. The molecule has 3 saturated carbocycles. The summed E-state index contributed by atoms with van der Waals surface area (Å²) in [5, 5.41) is 0. The van der Waals surface area contributed by atoms with E-state index in [-0.39, 0.29) is 0 Å². The predicted molar refractivity (Wildman–Crippen MR) is 52.5 cm³/mol. The third-order valence-corrected chi connectivity index (χ3v) is 4.70. The summed E-state index contributed by atoms with van der Waals surface area (Å²) in [7, 11) is 0. The normalized spacial score (nSPS) is 51.6. The minimum Gasteiger partial charge on any atom is -0.0788 e. The van der Waals surface area contributed by atoms with Gasteiger partial charge in [-0.2, -0.15) is 0 Å². The van der Waals surface area contributed by atoms with Gasteiger partial charge in [-0.25, -0.2) is 0 Å². The van der Waals surface area contributed by atoms with Crippen molar-refractivity contribution in [2.45, 2.75) is 43.5 Å². The number of hydrogen-bond acceptors (Lipinski definition) is 0. The quantitative estimate of drug-likeness (QED) is 0.456. The van der Waals surface area contributed by atoms with E-state index in [2.05, 4.69) is 43.4 Å². The highest BCUT2D eigenvalue weighted by Gasteiger charge is 2.70. The Morgan fingerprint density at radius 2 is 1.50 bits per heavy atom. The third kappa shape index (κ3) is 0.678. The maximum absolute atomic E-state index is 2.64. The van der Waals surface area contributed by atoms with Crippen LogP contribution in [0.5, 0.6) is 0 Å². The van der Waals surface area contributed by atoms with Crippen LogP contribution in [0.1, 0.15) is 40.0 Å². The lowest BCUT2D eigenvalue weighted by molar-refractivity contribution is -0.148. The SMILES string of the molecule is CC(C)(C)C12CC(I)(C1)C2. The molecule has 3 aliphatic rings. The predicted octanol–water partition coefficient (Wildman–Crippen LogP) is 3.39. The smallest absolute Gasteiger partial charge is 0.0238 e. The fourth-order valence-electron chi connectivity index (χ4n) is 2.46. The third-order valence-electron chi connectivity index (χ3n) is 3.56. The zero-order chi connectivity index (χ0) is 7.62. The highest BCUT2D eigenvalue weighted by molar-refractivity contribution is 14.1. The molecule has 0 aromatic carbocycles. The van der Waals surface area contributed by atoms with Crippen molar-refractivity contribution in [1.29, 1.82) is 0 Å². The van der Waals surface area contributed by atoms with Crippen LogP contribution in [0.3, 0.4) is 0 Å². The lowest BCUT2D eigenvalue weighted by Gasteiger charge is -2.73. The molecule has 10 heavy (non-hydrogen) atoms. The summed E-state index contributed by atoms with van der Waals surface area (Å²) in [6, 6.07) is 0. The molecule has 1 heteroatoms. The Kier molecular flexibility index (Phi) is 1.16. The average molecular weight is 250 g/mol. The maximum Gasteiger partial charge on any atom is 0.0238 e. The van der Waals surface area contributed by atoms with Gasteiger partial charge < -0.3 is 0 Å². The number of rotatable bonds is 0. The summed E-state index contributed by atoms with van der Waals surface area (Å²) in [6.45, 7) is 7.17. The van der Waals surface area contributed by atoms with E-state index in [0.29, 0.717) is 5.41 Å². The first-order chi connectivity index (χ1) is 4.37. The van der Waals surface area contributed by atoms with Gasteiger partial charge in [-0.3, -0.25) is 0 Å². The van der Waals surface area contributed by atoms with Gasteiger partial charge in [0, 0.05) is 3.42 Å². The van der Waals surface area contributed by atoms with Crippen LogP contribution < -0.4 is 0 Å². The van der Waals surface area contributed by atoms with Gasteiger partial charge in [-0.1, -0.05) is 43.4 Å². The molecule has 3 rings (SSSR count). The van der Waals surface area contributed by atoms with Gasteiger partial charge in [0.2, 0.25) is 0 Å².